The number of methoxy groups -OCH3 is 1. The number of hydrogen-bond donors (Lipinski definition) is 1. The molecule has 0 bridgehead atoms. The lowest BCUT2D eigenvalue weighted by Crippen LogP contribution is -2.34. The van der Waals surface area contributed by atoms with Gasteiger partial charge in [-0.05, 0) is 5.56 Å². The van der Waals surface area contributed by atoms with Crippen molar-refractivity contribution in [3.05, 3.63) is 79.9 Å². The number of hydrogen-bond acceptors (Lipinski definition) is 7. The molecule has 0 aliphatic heterocycles. The molecule has 0 saturated carbocycles. The summed E-state index contributed by atoms with van der Waals surface area (Å²) in [7, 11) is 1.14. The quantitative estimate of drug-likeness (QED) is 0.473. The van der Waals surface area contributed by atoms with Crippen molar-refractivity contribution in [1.82, 2.24) is 5.32 Å². The fourth-order valence-corrected chi connectivity index (χ4v) is 2.19. The van der Waals surface area contributed by atoms with Crippen molar-refractivity contribution in [2.45, 2.75) is 6.04 Å². The molecule has 1 amide bonds. The minimum absolute atomic E-state index is 0.323. The normalized spacial score (nSPS) is 11.3. The summed E-state index contributed by atoms with van der Waals surface area (Å²) in [6, 6.07) is 9.52. The molecule has 1 atom stereocenters. The highest BCUT2D eigenvalue weighted by Gasteiger charge is 2.26. The van der Waals surface area contributed by atoms with Gasteiger partial charge in [0.15, 0.2) is 6.04 Å². The number of esters is 1. The molecule has 0 fully saturated rings. The van der Waals surface area contributed by atoms with E-state index in [4.69, 9.17) is 0 Å². The van der Waals surface area contributed by atoms with Gasteiger partial charge in [-0.15, -0.1) is 0 Å². The second-order valence-corrected chi connectivity index (χ2v) is 5.09. The predicted octanol–water partition coefficient (Wildman–Crippen LogP) is 2.15. The second-order valence-electron chi connectivity index (χ2n) is 5.09. The van der Waals surface area contributed by atoms with Crippen LogP contribution in [0.3, 0.4) is 0 Å². The minimum atomic E-state index is -1.17. The third kappa shape index (κ3) is 4.17. The molecule has 26 heavy (non-hydrogen) atoms. The number of ether oxygens (including phenoxy) is 1. The van der Waals surface area contributed by atoms with Gasteiger partial charge in [0.05, 0.1) is 28.6 Å². The van der Waals surface area contributed by atoms with Crippen LogP contribution in [-0.2, 0) is 9.53 Å². The maximum Gasteiger partial charge on any atom is 0.333 e. The molecule has 0 heterocycles. The molecule has 134 valence electrons. The minimum Gasteiger partial charge on any atom is -0.467 e. The molecule has 2 rings (SSSR count). The smallest absolute Gasteiger partial charge is 0.333 e. The van der Waals surface area contributed by atoms with Crippen molar-refractivity contribution < 1.29 is 24.2 Å². The molecule has 0 aromatic heterocycles. The largest absolute Gasteiger partial charge is 0.467 e. The Morgan fingerprint density at radius 1 is 1.00 bits per heavy atom. The molecule has 0 spiro atoms. The molecular weight excluding hydrogens is 346 g/mol. The average molecular weight is 359 g/mol. The summed E-state index contributed by atoms with van der Waals surface area (Å²) < 4.78 is 4.66. The van der Waals surface area contributed by atoms with Gasteiger partial charge in [0, 0.05) is 12.1 Å². The van der Waals surface area contributed by atoms with E-state index in [0.29, 0.717) is 5.56 Å². The monoisotopic (exact) mass is 359 g/mol. The van der Waals surface area contributed by atoms with Crippen LogP contribution in [0, 0.1) is 20.2 Å². The highest BCUT2D eigenvalue weighted by molar-refractivity contribution is 5.98. The zero-order valence-corrected chi connectivity index (χ0v) is 13.4. The Morgan fingerprint density at radius 2 is 1.54 bits per heavy atom. The molecule has 0 aliphatic carbocycles. The predicted molar refractivity (Wildman–Crippen MR) is 88.4 cm³/mol. The molecule has 10 nitrogen and oxygen atoms in total. The van der Waals surface area contributed by atoms with Gasteiger partial charge in [-0.1, -0.05) is 30.3 Å². The molecule has 1 unspecified atom stereocenters. The number of rotatable bonds is 6. The van der Waals surface area contributed by atoms with Gasteiger partial charge in [0.25, 0.3) is 17.3 Å². The van der Waals surface area contributed by atoms with E-state index in [1.165, 1.54) is 0 Å². The molecule has 2 aromatic carbocycles. The zero-order chi connectivity index (χ0) is 19.3. The van der Waals surface area contributed by atoms with Crippen LogP contribution >= 0.6 is 0 Å². The van der Waals surface area contributed by atoms with E-state index >= 15 is 0 Å². The van der Waals surface area contributed by atoms with Crippen LogP contribution in [0.1, 0.15) is 22.0 Å². The first-order valence-corrected chi connectivity index (χ1v) is 7.21. The van der Waals surface area contributed by atoms with Crippen LogP contribution < -0.4 is 5.32 Å². The maximum atomic E-state index is 12.4. The SMILES string of the molecule is COC(=O)C(NC(=O)c1cc([N+](=O)[O-])cc([N+](=O)[O-])c1)c1ccccc1. The van der Waals surface area contributed by atoms with Crippen molar-refractivity contribution in [2.75, 3.05) is 7.11 Å². The standard InChI is InChI=1S/C16H13N3O7/c1-26-16(21)14(10-5-3-2-4-6-10)17-15(20)11-7-12(18(22)23)9-13(8-11)19(24)25/h2-9,14H,1H3,(H,17,20). The van der Waals surface area contributed by atoms with Crippen molar-refractivity contribution in [3.8, 4) is 0 Å². The Bertz CT molecular complexity index is 835. The lowest BCUT2D eigenvalue weighted by Gasteiger charge is -2.16. The van der Waals surface area contributed by atoms with Gasteiger partial charge in [-0.2, -0.15) is 0 Å². The molecular formula is C16H13N3O7. The summed E-state index contributed by atoms with van der Waals surface area (Å²) in [5.41, 5.74) is -1.12. The number of nitrogens with zero attached hydrogens (tertiary/aromatic N) is 2. The number of nitro benzene ring substituents is 2. The molecule has 1 N–H and O–H groups in total. The first-order valence-electron chi connectivity index (χ1n) is 7.21. The van der Waals surface area contributed by atoms with Gasteiger partial charge in [0.2, 0.25) is 0 Å². The summed E-state index contributed by atoms with van der Waals surface area (Å²) in [5.74, 6) is -1.65. The summed E-state index contributed by atoms with van der Waals surface area (Å²) in [5, 5.41) is 24.2. The maximum absolute atomic E-state index is 12.4. The lowest BCUT2D eigenvalue weighted by molar-refractivity contribution is -0.394. The molecule has 0 radical (unpaired) electrons. The highest BCUT2D eigenvalue weighted by atomic mass is 16.6. The summed E-state index contributed by atoms with van der Waals surface area (Å²) >= 11 is 0. The number of carbonyl (C=O) groups is 2. The van der Waals surface area contributed by atoms with E-state index in [1.807, 2.05) is 0 Å². The van der Waals surface area contributed by atoms with E-state index in [9.17, 15) is 29.8 Å². The van der Waals surface area contributed by atoms with Gasteiger partial charge in [0.1, 0.15) is 0 Å². The molecule has 2 aromatic rings. The number of benzene rings is 2. The van der Waals surface area contributed by atoms with Crippen molar-refractivity contribution in [3.63, 3.8) is 0 Å². The Morgan fingerprint density at radius 3 is 2.00 bits per heavy atom. The van der Waals surface area contributed by atoms with Crippen molar-refractivity contribution in [1.29, 1.82) is 0 Å². The van der Waals surface area contributed by atoms with Gasteiger partial charge < -0.3 is 10.1 Å². The fraction of sp³-hybridized carbons (Fsp3) is 0.125. The second kappa shape index (κ2) is 7.83. The first kappa shape index (κ1) is 18.5. The fourth-order valence-electron chi connectivity index (χ4n) is 2.19. The summed E-state index contributed by atoms with van der Waals surface area (Å²) in [6.07, 6.45) is 0. The van der Waals surface area contributed by atoms with Gasteiger partial charge in [-0.25, -0.2) is 4.79 Å². The van der Waals surface area contributed by atoms with E-state index in [-0.39, 0.29) is 5.56 Å². The average Bonchev–Trinajstić information content (AvgIpc) is 2.65. The van der Waals surface area contributed by atoms with Gasteiger partial charge >= 0.3 is 5.97 Å². The van der Waals surface area contributed by atoms with E-state index in [0.717, 1.165) is 25.3 Å². The van der Waals surface area contributed by atoms with E-state index in [1.54, 1.807) is 30.3 Å². The Balaban J connectivity index is 2.39. The Hall–Kier alpha value is -3.82. The van der Waals surface area contributed by atoms with Crippen LogP contribution in [0.4, 0.5) is 11.4 Å². The van der Waals surface area contributed by atoms with E-state index < -0.39 is 39.1 Å². The molecule has 10 heteroatoms. The number of carbonyl (C=O) groups excluding carboxylic acids is 2. The Kier molecular flexibility index (Phi) is 5.58. The summed E-state index contributed by atoms with van der Waals surface area (Å²) in [6.45, 7) is 0. The number of nitro groups is 2. The number of non-ortho nitro benzene ring substituents is 2. The topological polar surface area (TPSA) is 142 Å². The van der Waals surface area contributed by atoms with Crippen LogP contribution in [0.2, 0.25) is 0 Å². The van der Waals surface area contributed by atoms with Crippen molar-refractivity contribution in [2.24, 2.45) is 0 Å². The Labute approximate surface area is 146 Å². The van der Waals surface area contributed by atoms with Crippen LogP contribution in [0.5, 0.6) is 0 Å². The highest BCUT2D eigenvalue weighted by Crippen LogP contribution is 2.23. The first-order chi connectivity index (χ1) is 12.3. The van der Waals surface area contributed by atoms with Crippen LogP contribution in [0.15, 0.2) is 48.5 Å². The molecule has 0 saturated heterocycles. The number of amides is 1. The lowest BCUT2D eigenvalue weighted by atomic mass is 10.1. The third-order valence-electron chi connectivity index (χ3n) is 3.43. The van der Waals surface area contributed by atoms with Crippen LogP contribution in [0.25, 0.3) is 0 Å². The summed E-state index contributed by atoms with van der Waals surface area (Å²) in [4.78, 5) is 44.6. The van der Waals surface area contributed by atoms with Gasteiger partial charge in [-0.3, -0.25) is 25.0 Å². The van der Waals surface area contributed by atoms with E-state index in [2.05, 4.69) is 10.1 Å². The van der Waals surface area contributed by atoms with Crippen LogP contribution in [-0.4, -0.2) is 28.8 Å². The zero-order valence-electron chi connectivity index (χ0n) is 13.4. The molecule has 0 aliphatic rings. The number of nitrogens with one attached hydrogen (secondary N) is 1. The van der Waals surface area contributed by atoms with Crippen molar-refractivity contribution >= 4 is 23.3 Å². The third-order valence-corrected chi connectivity index (χ3v) is 3.43.